The Bertz CT molecular complexity index is 668. The number of piperidine rings is 1. The SMILES string of the molecule is CN=C(NCC1CCCN(C)C1)NC1CC2(CCCC2)Oc2ccccc21. The van der Waals surface area contributed by atoms with Crippen molar-refractivity contribution in [2.75, 3.05) is 33.7 Å². The van der Waals surface area contributed by atoms with E-state index in [0.717, 1.165) is 24.7 Å². The Labute approximate surface area is 163 Å². The molecule has 2 N–H and O–H groups in total. The molecule has 0 aromatic heterocycles. The van der Waals surface area contributed by atoms with Gasteiger partial charge in [-0.1, -0.05) is 18.2 Å². The van der Waals surface area contributed by atoms with Gasteiger partial charge in [0.2, 0.25) is 0 Å². The molecule has 0 amide bonds. The second kappa shape index (κ2) is 8.09. The first-order valence-electron chi connectivity index (χ1n) is 10.6. The highest BCUT2D eigenvalue weighted by Gasteiger charge is 2.43. The van der Waals surface area contributed by atoms with E-state index in [1.165, 1.54) is 57.2 Å². The van der Waals surface area contributed by atoms with Crippen LogP contribution >= 0.6 is 0 Å². The van der Waals surface area contributed by atoms with E-state index < -0.39 is 0 Å². The molecular formula is C22H34N4O. The number of aliphatic imine (C=N–C) groups is 1. The maximum atomic E-state index is 6.49. The first-order valence-corrected chi connectivity index (χ1v) is 10.6. The zero-order valence-electron chi connectivity index (χ0n) is 16.8. The summed E-state index contributed by atoms with van der Waals surface area (Å²) >= 11 is 0. The van der Waals surface area contributed by atoms with Crippen LogP contribution in [0.4, 0.5) is 0 Å². The average Bonchev–Trinajstić information content (AvgIpc) is 3.12. The van der Waals surface area contributed by atoms with Crippen LogP contribution in [-0.2, 0) is 0 Å². The minimum Gasteiger partial charge on any atom is -0.487 e. The molecule has 27 heavy (non-hydrogen) atoms. The van der Waals surface area contributed by atoms with Gasteiger partial charge in [-0.3, -0.25) is 4.99 Å². The van der Waals surface area contributed by atoms with Crippen molar-refractivity contribution in [3.05, 3.63) is 29.8 Å². The van der Waals surface area contributed by atoms with Crippen molar-refractivity contribution < 1.29 is 4.74 Å². The van der Waals surface area contributed by atoms with Gasteiger partial charge in [0.15, 0.2) is 5.96 Å². The standard InChI is InChI=1S/C22H34N4O/c1-23-21(24-15-17-8-7-13-26(2)16-17)25-19-14-22(11-5-6-12-22)27-20-10-4-3-9-18(19)20/h3-4,9-10,17,19H,5-8,11-16H2,1-2H3,(H2,23,24,25). The fourth-order valence-corrected chi connectivity index (χ4v) is 5.11. The van der Waals surface area contributed by atoms with E-state index in [1.54, 1.807) is 0 Å². The van der Waals surface area contributed by atoms with Gasteiger partial charge in [0.25, 0.3) is 0 Å². The van der Waals surface area contributed by atoms with Crippen LogP contribution in [-0.4, -0.2) is 50.2 Å². The van der Waals surface area contributed by atoms with Gasteiger partial charge in [-0.25, -0.2) is 0 Å². The lowest BCUT2D eigenvalue weighted by molar-refractivity contribution is 0.0396. The molecule has 4 rings (SSSR count). The number of nitrogens with one attached hydrogen (secondary N) is 2. The fourth-order valence-electron chi connectivity index (χ4n) is 5.11. The molecule has 2 unspecified atom stereocenters. The quantitative estimate of drug-likeness (QED) is 0.633. The number of para-hydroxylation sites is 1. The average molecular weight is 371 g/mol. The van der Waals surface area contributed by atoms with E-state index in [0.29, 0.717) is 5.92 Å². The molecule has 2 heterocycles. The minimum atomic E-state index is 0.0109. The second-order valence-corrected chi connectivity index (χ2v) is 8.65. The highest BCUT2D eigenvalue weighted by Crippen LogP contribution is 2.46. The molecule has 2 aliphatic heterocycles. The third-order valence-electron chi connectivity index (χ3n) is 6.53. The molecule has 148 valence electrons. The molecule has 0 radical (unpaired) electrons. The van der Waals surface area contributed by atoms with Gasteiger partial charge in [0.05, 0.1) is 6.04 Å². The Morgan fingerprint density at radius 1 is 1.26 bits per heavy atom. The van der Waals surface area contributed by atoms with E-state index in [9.17, 15) is 0 Å². The summed E-state index contributed by atoms with van der Waals surface area (Å²) in [6.07, 6.45) is 8.51. The summed E-state index contributed by atoms with van der Waals surface area (Å²) in [6.45, 7) is 3.39. The number of guanidine groups is 1. The number of hydrogen-bond donors (Lipinski definition) is 2. The van der Waals surface area contributed by atoms with E-state index in [1.807, 2.05) is 7.05 Å². The Balaban J connectivity index is 1.43. The summed E-state index contributed by atoms with van der Waals surface area (Å²) in [6, 6.07) is 8.76. The van der Waals surface area contributed by atoms with Crippen molar-refractivity contribution in [3.8, 4) is 5.75 Å². The van der Waals surface area contributed by atoms with Crippen LogP contribution in [0.25, 0.3) is 0 Å². The van der Waals surface area contributed by atoms with Crippen molar-refractivity contribution in [3.63, 3.8) is 0 Å². The Kier molecular flexibility index (Phi) is 5.58. The van der Waals surface area contributed by atoms with Crippen LogP contribution in [0.5, 0.6) is 5.75 Å². The van der Waals surface area contributed by atoms with Crippen LogP contribution in [0.1, 0.15) is 56.6 Å². The largest absolute Gasteiger partial charge is 0.487 e. The normalized spacial score (nSPS) is 27.9. The summed E-state index contributed by atoms with van der Waals surface area (Å²) in [5.74, 6) is 2.66. The number of benzene rings is 1. The topological polar surface area (TPSA) is 48.9 Å². The van der Waals surface area contributed by atoms with Crippen molar-refractivity contribution in [1.82, 2.24) is 15.5 Å². The lowest BCUT2D eigenvalue weighted by Crippen LogP contribution is -2.48. The fraction of sp³-hybridized carbons (Fsp3) is 0.682. The third-order valence-corrected chi connectivity index (χ3v) is 6.53. The van der Waals surface area contributed by atoms with Crippen molar-refractivity contribution in [2.45, 2.75) is 56.6 Å². The molecule has 5 nitrogen and oxygen atoms in total. The molecule has 5 heteroatoms. The van der Waals surface area contributed by atoms with Crippen LogP contribution in [0.3, 0.4) is 0 Å². The number of ether oxygens (including phenoxy) is 1. The molecule has 1 saturated carbocycles. The monoisotopic (exact) mass is 370 g/mol. The van der Waals surface area contributed by atoms with E-state index in [2.05, 4.69) is 51.8 Å². The molecule has 2 atom stereocenters. The summed E-state index contributed by atoms with van der Waals surface area (Å²) < 4.78 is 6.49. The van der Waals surface area contributed by atoms with Crippen molar-refractivity contribution >= 4 is 5.96 Å². The van der Waals surface area contributed by atoms with Gasteiger partial charge in [0, 0.05) is 32.1 Å². The summed E-state index contributed by atoms with van der Waals surface area (Å²) in [7, 11) is 4.10. The lowest BCUT2D eigenvalue weighted by atomic mass is 9.86. The molecule has 1 saturated heterocycles. The van der Waals surface area contributed by atoms with Gasteiger partial charge in [-0.15, -0.1) is 0 Å². The number of hydrogen-bond acceptors (Lipinski definition) is 3. The summed E-state index contributed by atoms with van der Waals surface area (Å²) in [4.78, 5) is 6.95. The number of nitrogens with zero attached hydrogens (tertiary/aromatic N) is 2. The van der Waals surface area contributed by atoms with E-state index in [-0.39, 0.29) is 11.6 Å². The molecule has 3 aliphatic rings. The molecule has 2 fully saturated rings. The zero-order valence-corrected chi connectivity index (χ0v) is 16.8. The van der Waals surface area contributed by atoms with E-state index >= 15 is 0 Å². The van der Waals surface area contributed by atoms with Crippen molar-refractivity contribution in [2.24, 2.45) is 10.9 Å². The van der Waals surface area contributed by atoms with Gasteiger partial charge < -0.3 is 20.3 Å². The summed E-state index contributed by atoms with van der Waals surface area (Å²) in [5.41, 5.74) is 1.27. The molecule has 1 aliphatic carbocycles. The van der Waals surface area contributed by atoms with E-state index in [4.69, 9.17) is 4.74 Å². The van der Waals surface area contributed by atoms with Gasteiger partial charge in [-0.05, 0) is 64.1 Å². The third kappa shape index (κ3) is 4.23. The molecular weight excluding hydrogens is 336 g/mol. The Morgan fingerprint density at radius 2 is 2.07 bits per heavy atom. The molecule has 1 spiro atoms. The molecule has 0 bridgehead atoms. The van der Waals surface area contributed by atoms with Gasteiger partial charge in [0.1, 0.15) is 11.4 Å². The van der Waals surface area contributed by atoms with Crippen LogP contribution in [0.15, 0.2) is 29.3 Å². The van der Waals surface area contributed by atoms with Crippen LogP contribution < -0.4 is 15.4 Å². The van der Waals surface area contributed by atoms with Crippen LogP contribution in [0, 0.1) is 5.92 Å². The van der Waals surface area contributed by atoms with Gasteiger partial charge >= 0.3 is 0 Å². The lowest BCUT2D eigenvalue weighted by Gasteiger charge is -2.40. The predicted molar refractivity (Wildman–Crippen MR) is 110 cm³/mol. The Morgan fingerprint density at radius 3 is 2.85 bits per heavy atom. The maximum Gasteiger partial charge on any atom is 0.191 e. The highest BCUT2D eigenvalue weighted by atomic mass is 16.5. The summed E-state index contributed by atoms with van der Waals surface area (Å²) in [5, 5.41) is 7.30. The first kappa shape index (κ1) is 18.6. The second-order valence-electron chi connectivity index (χ2n) is 8.65. The molecule has 1 aromatic rings. The minimum absolute atomic E-state index is 0.0109. The predicted octanol–water partition coefficient (Wildman–Crippen LogP) is 3.33. The molecule has 1 aromatic carbocycles. The number of likely N-dealkylation sites (tertiary alicyclic amines) is 1. The maximum absolute atomic E-state index is 6.49. The Hall–Kier alpha value is -1.75. The smallest absolute Gasteiger partial charge is 0.191 e. The zero-order chi connectivity index (χ0) is 18.7. The van der Waals surface area contributed by atoms with Crippen molar-refractivity contribution in [1.29, 1.82) is 0 Å². The first-order chi connectivity index (χ1) is 13.2. The van der Waals surface area contributed by atoms with Gasteiger partial charge in [-0.2, -0.15) is 0 Å². The number of rotatable bonds is 3. The van der Waals surface area contributed by atoms with Crippen LogP contribution in [0.2, 0.25) is 0 Å². The highest BCUT2D eigenvalue weighted by molar-refractivity contribution is 5.80. The number of fused-ring (bicyclic) bond motifs is 1.